The molecule has 0 atom stereocenters. The predicted molar refractivity (Wildman–Crippen MR) is 286 cm³/mol. The zero-order valence-electron chi connectivity index (χ0n) is 40.8. The SMILES string of the molecule is COc1cc(/C=C/C(=O)CC(=O)/C=C/c2ccc(O)c(CO)c2)ccc1O.COc1cc(/C=C/C(=O)CC(=O)/C=C/c2ccc(O)cc2)ccc1O.O=C(/C=C/c1ccc(O)cc1)CC(=O)/C=C/c1ccc(O)cc1. The molecule has 6 aromatic carbocycles. The maximum atomic E-state index is 11.9. The molecule has 0 fully saturated rings. The Morgan fingerprint density at radius 2 is 0.587 bits per heavy atom. The molecule has 0 aliphatic carbocycles. The fourth-order valence-corrected chi connectivity index (χ4v) is 6.19. The molecule has 75 heavy (non-hydrogen) atoms. The van der Waals surface area contributed by atoms with Crippen LogP contribution in [0.25, 0.3) is 36.5 Å². The van der Waals surface area contributed by atoms with Gasteiger partial charge in [-0.25, -0.2) is 0 Å². The molecule has 6 rings (SSSR count). The van der Waals surface area contributed by atoms with E-state index in [9.17, 15) is 49.2 Å². The van der Waals surface area contributed by atoms with Gasteiger partial charge in [0.15, 0.2) is 57.7 Å². The van der Waals surface area contributed by atoms with Gasteiger partial charge in [-0.05, 0) is 143 Å². The largest absolute Gasteiger partial charge is 0.508 e. The van der Waals surface area contributed by atoms with Crippen LogP contribution in [0, 0.1) is 0 Å². The zero-order chi connectivity index (χ0) is 54.7. The molecule has 0 saturated heterocycles. The number of carbonyl (C=O) groups excluding carboxylic acids is 6. The average Bonchev–Trinajstić information content (AvgIpc) is 3.40. The number of carbonyl (C=O) groups is 6. The topological polar surface area (TPSA) is 262 Å². The van der Waals surface area contributed by atoms with Gasteiger partial charge >= 0.3 is 0 Å². The quantitative estimate of drug-likeness (QED) is 0.0261. The van der Waals surface area contributed by atoms with E-state index < -0.39 is 0 Å². The molecular formula is C60H54O15. The number of methoxy groups -OCH3 is 2. The molecule has 7 N–H and O–H groups in total. The van der Waals surface area contributed by atoms with Crippen molar-refractivity contribution in [1.82, 2.24) is 0 Å². The number of hydrogen-bond acceptors (Lipinski definition) is 15. The number of aliphatic hydroxyl groups is 1. The normalized spacial score (nSPS) is 11.1. The summed E-state index contributed by atoms with van der Waals surface area (Å²) in [4.78, 5) is 70.9. The summed E-state index contributed by atoms with van der Waals surface area (Å²) in [5.74, 6) is -0.907. The van der Waals surface area contributed by atoms with Crippen LogP contribution < -0.4 is 9.47 Å². The Balaban J connectivity index is 0.000000244. The molecule has 0 heterocycles. The van der Waals surface area contributed by atoms with Crippen molar-refractivity contribution in [3.8, 4) is 46.0 Å². The van der Waals surface area contributed by atoms with Crippen LogP contribution in [0.5, 0.6) is 46.0 Å². The van der Waals surface area contributed by atoms with E-state index in [1.165, 1.54) is 117 Å². The van der Waals surface area contributed by atoms with Crippen molar-refractivity contribution in [1.29, 1.82) is 0 Å². The Kier molecular flexibility index (Phi) is 23.2. The van der Waals surface area contributed by atoms with Gasteiger partial charge in [-0.2, -0.15) is 0 Å². The van der Waals surface area contributed by atoms with Crippen molar-refractivity contribution >= 4 is 71.2 Å². The monoisotopic (exact) mass is 1010 g/mol. The smallest absolute Gasteiger partial charge is 0.163 e. The molecule has 0 spiro atoms. The van der Waals surface area contributed by atoms with Crippen LogP contribution in [0.2, 0.25) is 0 Å². The molecule has 0 unspecified atom stereocenters. The Morgan fingerprint density at radius 3 is 0.853 bits per heavy atom. The molecule has 0 aliphatic heterocycles. The molecule has 0 bridgehead atoms. The minimum Gasteiger partial charge on any atom is -0.508 e. The first-order chi connectivity index (χ1) is 35.9. The number of allylic oxidation sites excluding steroid dienone is 6. The van der Waals surface area contributed by atoms with E-state index in [1.807, 2.05) is 0 Å². The number of rotatable bonds is 21. The van der Waals surface area contributed by atoms with Crippen LogP contribution in [0.1, 0.15) is 58.2 Å². The van der Waals surface area contributed by atoms with Gasteiger partial charge in [-0.3, -0.25) is 28.8 Å². The molecule has 0 aromatic heterocycles. The van der Waals surface area contributed by atoms with Crippen molar-refractivity contribution < 1.29 is 74.0 Å². The Bertz CT molecular complexity index is 2980. The Hall–Kier alpha value is -9.86. The minimum atomic E-state index is -0.369. The highest BCUT2D eigenvalue weighted by Gasteiger charge is 2.08. The summed E-state index contributed by atoms with van der Waals surface area (Å²) >= 11 is 0. The number of aliphatic hydroxyl groups excluding tert-OH is 1. The van der Waals surface area contributed by atoms with Gasteiger partial charge in [0.25, 0.3) is 0 Å². The van der Waals surface area contributed by atoms with Gasteiger partial charge in [0.05, 0.1) is 40.1 Å². The lowest BCUT2D eigenvalue weighted by molar-refractivity contribution is -0.123. The van der Waals surface area contributed by atoms with Crippen LogP contribution in [0.15, 0.2) is 164 Å². The maximum Gasteiger partial charge on any atom is 0.163 e. The lowest BCUT2D eigenvalue weighted by Gasteiger charge is -2.03. The zero-order valence-corrected chi connectivity index (χ0v) is 40.8. The molecule has 0 saturated carbocycles. The lowest BCUT2D eigenvalue weighted by Crippen LogP contribution is -2.01. The number of aromatic hydroxyl groups is 6. The summed E-state index contributed by atoms with van der Waals surface area (Å²) in [5.41, 5.74) is 4.60. The van der Waals surface area contributed by atoms with E-state index in [0.717, 1.165) is 16.7 Å². The molecule has 0 aliphatic rings. The van der Waals surface area contributed by atoms with Crippen molar-refractivity contribution in [2.75, 3.05) is 14.2 Å². The van der Waals surface area contributed by atoms with E-state index in [-0.39, 0.29) is 95.1 Å². The molecule has 0 radical (unpaired) electrons. The maximum absolute atomic E-state index is 11.9. The van der Waals surface area contributed by atoms with Crippen LogP contribution >= 0.6 is 0 Å². The fourth-order valence-electron chi connectivity index (χ4n) is 6.19. The molecule has 384 valence electrons. The first kappa shape index (κ1) is 57.7. The third-order valence-electron chi connectivity index (χ3n) is 10.2. The second-order valence-electron chi connectivity index (χ2n) is 16.0. The van der Waals surface area contributed by atoms with Crippen molar-refractivity contribution in [3.05, 3.63) is 203 Å². The standard InChI is InChI=1S/C21H20O6.C20H18O5.C19H16O4/c1-27-21-11-15(5-9-20(21)26)3-7-18(24)12-17(23)6-2-14-4-8-19(25)16(10-14)13-22;1-25-20-12-15(6-11-19(20)24)5-10-18(23)13-17(22)9-4-14-2-7-16(21)8-3-14;20-16-7-1-14(2-8-16)5-11-18(22)13-19(23)12-6-15-3-9-17(21)10-4-15/h2-11,22,25-26H,12-13H2,1H3;2-12,21,24H,13H2,1H3;1-12,20-21H,13H2/b6-2+,7-3+;9-4+,10-5+;11-5+,12-6+. The fraction of sp³-hybridized carbons (Fsp3) is 0.100. The molecule has 15 heteroatoms. The van der Waals surface area contributed by atoms with E-state index in [1.54, 1.807) is 97.1 Å². The summed E-state index contributed by atoms with van der Waals surface area (Å²) in [6.07, 6.45) is 16.6. The third-order valence-corrected chi connectivity index (χ3v) is 10.2. The second kappa shape index (κ2) is 30.1. The first-order valence-electron chi connectivity index (χ1n) is 22.7. The second-order valence-corrected chi connectivity index (χ2v) is 16.0. The van der Waals surface area contributed by atoms with Crippen LogP contribution in [0.4, 0.5) is 0 Å². The highest BCUT2D eigenvalue weighted by atomic mass is 16.5. The minimum absolute atomic E-state index is 0.000113. The van der Waals surface area contributed by atoms with Crippen LogP contribution in [0.3, 0.4) is 0 Å². The third kappa shape index (κ3) is 21.6. The van der Waals surface area contributed by atoms with Gasteiger partial charge in [0.2, 0.25) is 0 Å². The van der Waals surface area contributed by atoms with Gasteiger partial charge in [0, 0.05) is 5.56 Å². The number of ketones is 6. The van der Waals surface area contributed by atoms with Gasteiger partial charge in [0.1, 0.15) is 23.0 Å². The van der Waals surface area contributed by atoms with E-state index in [2.05, 4.69) is 0 Å². The highest BCUT2D eigenvalue weighted by molar-refractivity contribution is 6.12. The first-order valence-corrected chi connectivity index (χ1v) is 22.7. The van der Waals surface area contributed by atoms with Crippen LogP contribution in [-0.2, 0) is 35.4 Å². The molecule has 15 nitrogen and oxygen atoms in total. The molecular weight excluding hydrogens is 961 g/mol. The lowest BCUT2D eigenvalue weighted by atomic mass is 10.1. The number of hydrogen-bond donors (Lipinski definition) is 7. The number of phenols is 6. The Morgan fingerprint density at radius 1 is 0.347 bits per heavy atom. The predicted octanol–water partition coefficient (Wildman–Crippen LogP) is 9.57. The van der Waals surface area contributed by atoms with Crippen LogP contribution in [-0.4, -0.2) is 84.7 Å². The number of benzene rings is 6. The van der Waals surface area contributed by atoms with Crippen molar-refractivity contribution in [2.24, 2.45) is 0 Å². The summed E-state index contributed by atoms with van der Waals surface area (Å²) in [6, 6.07) is 33.1. The summed E-state index contributed by atoms with van der Waals surface area (Å²) in [7, 11) is 2.86. The molecule has 6 aromatic rings. The highest BCUT2D eigenvalue weighted by Crippen LogP contribution is 2.28. The van der Waals surface area contributed by atoms with Crippen molar-refractivity contribution in [2.45, 2.75) is 25.9 Å². The van der Waals surface area contributed by atoms with Gasteiger partial charge in [-0.15, -0.1) is 0 Å². The van der Waals surface area contributed by atoms with Gasteiger partial charge < -0.3 is 45.2 Å². The van der Waals surface area contributed by atoms with E-state index in [4.69, 9.17) is 24.8 Å². The number of ether oxygens (including phenoxy) is 2. The van der Waals surface area contributed by atoms with E-state index in [0.29, 0.717) is 33.8 Å². The Labute approximate surface area is 432 Å². The summed E-state index contributed by atoms with van der Waals surface area (Å²) in [5, 5.41) is 65.2. The number of phenolic OH excluding ortho intramolecular Hbond substituents is 5. The van der Waals surface area contributed by atoms with E-state index >= 15 is 0 Å². The molecule has 0 amide bonds. The average molecular weight is 1020 g/mol. The summed E-state index contributed by atoms with van der Waals surface area (Å²) in [6.45, 7) is -0.313. The summed E-state index contributed by atoms with van der Waals surface area (Å²) < 4.78 is 9.98. The van der Waals surface area contributed by atoms with Crippen molar-refractivity contribution in [3.63, 3.8) is 0 Å². The van der Waals surface area contributed by atoms with Gasteiger partial charge in [-0.1, -0.05) is 91.1 Å².